The molecule has 8 aliphatic rings. The van der Waals surface area contributed by atoms with Crippen LogP contribution in [0.5, 0.6) is 23.0 Å². The smallest absolute Gasteiger partial charge is 0.275 e. The van der Waals surface area contributed by atoms with Gasteiger partial charge in [0, 0.05) is 28.3 Å². The second kappa shape index (κ2) is 16.2. The zero-order chi connectivity index (χ0) is 45.4. The first kappa shape index (κ1) is 41.2. The number of piperazine rings is 2. The Bertz CT molecular complexity index is 2690. The lowest BCUT2D eigenvalue weighted by atomic mass is 10.0. The number of fused-ring (bicyclic) bond motifs is 6. The van der Waals surface area contributed by atoms with Crippen molar-refractivity contribution in [1.29, 1.82) is 0 Å². The van der Waals surface area contributed by atoms with E-state index in [9.17, 15) is 24.3 Å². The Hall–Kier alpha value is -7.52. The fraction of sp³-hybridized carbons (Fsp3) is 0.294. The van der Waals surface area contributed by atoms with Crippen molar-refractivity contribution in [3.63, 3.8) is 0 Å². The molecule has 0 radical (unpaired) electrons. The second-order valence-corrected chi connectivity index (χ2v) is 17.2. The van der Waals surface area contributed by atoms with Crippen LogP contribution in [-0.4, -0.2) is 93.7 Å². The molecule has 0 aromatic heterocycles. The standard InChI is InChI=1S/C26H24N2O5.C25H22N2O6/c1-3-15(2)27-13-22(29)28-23(25(27)30)24(19-10-8-16-6-4-5-7-18(16)19)33-26(28)17-9-11-20-21(12-17)32-14-31-20;1-14(12-28)26-11-21(29)27-22(24(26)30)23(18-8-6-15-4-2-3-5-17(15)18)33-25(27)16-7-9-19-20(10-16)32-13-31-19/h4-7,9-12,15,26H,3,8,13-14H2,1-2H3;2-5,7-10,14,25,28H,6,11-13H2,1H3/t15-,26-;14-,25+/m11/s1. The molecule has 4 aromatic rings. The number of nitrogens with zero attached hydrogens (tertiary/aromatic N) is 4. The average molecular weight is 891 g/mol. The monoisotopic (exact) mass is 890 g/mol. The van der Waals surface area contributed by atoms with Crippen LogP contribution in [0.4, 0.5) is 0 Å². The van der Waals surface area contributed by atoms with Crippen molar-refractivity contribution in [2.75, 3.05) is 33.3 Å². The number of benzene rings is 4. The van der Waals surface area contributed by atoms with Gasteiger partial charge in [0.05, 0.1) is 12.6 Å². The van der Waals surface area contributed by atoms with E-state index in [0.29, 0.717) is 45.8 Å². The van der Waals surface area contributed by atoms with Crippen molar-refractivity contribution < 1.29 is 52.7 Å². The van der Waals surface area contributed by atoms with Crippen molar-refractivity contribution in [3.05, 3.63) is 153 Å². The van der Waals surface area contributed by atoms with Gasteiger partial charge in [-0.15, -0.1) is 0 Å². The molecular weight excluding hydrogens is 845 g/mol. The SMILES string of the molecule is CC[C@@H](C)N1CC(=O)N2C(=C(C3=CCc4ccccc43)O[C@@H]2c2ccc3c(c2)OCO3)C1=O.C[C@H](CO)N1CC(=O)N2C(=C(C3=CCc4ccccc43)O[C@H]2c2ccc3c(c2)OCO3)C1=O. The van der Waals surface area contributed by atoms with Gasteiger partial charge in [0.1, 0.15) is 13.1 Å². The van der Waals surface area contributed by atoms with Crippen molar-refractivity contribution in [3.8, 4) is 23.0 Å². The summed E-state index contributed by atoms with van der Waals surface area (Å²) in [5.74, 6) is 2.38. The minimum Gasteiger partial charge on any atom is -0.463 e. The average Bonchev–Trinajstić information content (AvgIpc) is 4.21. The van der Waals surface area contributed by atoms with Crippen LogP contribution in [-0.2, 0) is 41.5 Å². The van der Waals surface area contributed by atoms with E-state index in [-0.39, 0.29) is 68.6 Å². The highest BCUT2D eigenvalue weighted by Gasteiger charge is 2.51. The maximum atomic E-state index is 13.7. The van der Waals surface area contributed by atoms with Crippen molar-refractivity contribution in [2.45, 2.75) is 64.6 Å². The minimum absolute atomic E-state index is 0.0324. The van der Waals surface area contributed by atoms with Crippen LogP contribution in [0.2, 0.25) is 0 Å². The van der Waals surface area contributed by atoms with Gasteiger partial charge in [-0.05, 0) is 91.8 Å². The fourth-order valence-corrected chi connectivity index (χ4v) is 9.64. The van der Waals surface area contributed by atoms with Gasteiger partial charge in [0.15, 0.2) is 45.9 Å². The Morgan fingerprint density at radius 3 is 1.48 bits per heavy atom. The summed E-state index contributed by atoms with van der Waals surface area (Å²) in [6.07, 6.45) is 4.80. The van der Waals surface area contributed by atoms with Gasteiger partial charge in [-0.2, -0.15) is 0 Å². The molecule has 4 aromatic carbocycles. The van der Waals surface area contributed by atoms with Gasteiger partial charge in [0.2, 0.25) is 37.9 Å². The van der Waals surface area contributed by atoms with E-state index in [2.05, 4.69) is 12.1 Å². The lowest BCUT2D eigenvalue weighted by molar-refractivity contribution is -0.152. The summed E-state index contributed by atoms with van der Waals surface area (Å²) in [7, 11) is 0. The first-order valence-electron chi connectivity index (χ1n) is 22.2. The first-order chi connectivity index (χ1) is 32.1. The van der Waals surface area contributed by atoms with Crippen LogP contribution >= 0.6 is 0 Å². The third-order valence-corrected chi connectivity index (χ3v) is 13.4. The number of amides is 4. The molecule has 15 heteroatoms. The predicted octanol–water partition coefficient (Wildman–Crippen LogP) is 6.11. The van der Waals surface area contributed by atoms with Crippen molar-refractivity contribution in [2.24, 2.45) is 0 Å². The summed E-state index contributed by atoms with van der Waals surface area (Å²) < 4.78 is 34.8. The molecule has 336 valence electrons. The number of carbonyl (C=O) groups is 4. The maximum absolute atomic E-state index is 13.7. The third kappa shape index (κ3) is 6.59. The molecule has 6 heterocycles. The van der Waals surface area contributed by atoms with Gasteiger partial charge in [-0.25, -0.2) is 0 Å². The van der Waals surface area contributed by atoms with Crippen LogP contribution in [0.1, 0.15) is 73.0 Å². The largest absolute Gasteiger partial charge is 0.463 e. The number of ether oxygens (including phenoxy) is 6. The van der Waals surface area contributed by atoms with Crippen molar-refractivity contribution >= 4 is 34.8 Å². The van der Waals surface area contributed by atoms with Crippen LogP contribution in [0.25, 0.3) is 11.1 Å². The number of aliphatic hydroxyl groups is 1. The molecule has 6 aliphatic heterocycles. The molecule has 2 aliphatic carbocycles. The minimum atomic E-state index is -0.804. The maximum Gasteiger partial charge on any atom is 0.275 e. The lowest BCUT2D eigenvalue weighted by Gasteiger charge is -2.37. The van der Waals surface area contributed by atoms with Gasteiger partial charge in [-0.1, -0.05) is 67.6 Å². The Morgan fingerprint density at radius 1 is 0.591 bits per heavy atom. The van der Waals surface area contributed by atoms with Gasteiger partial charge < -0.3 is 43.3 Å². The highest BCUT2D eigenvalue weighted by atomic mass is 16.7. The van der Waals surface area contributed by atoms with Crippen LogP contribution in [0.3, 0.4) is 0 Å². The van der Waals surface area contributed by atoms with Gasteiger partial charge >= 0.3 is 0 Å². The summed E-state index contributed by atoms with van der Waals surface area (Å²) in [5, 5.41) is 9.66. The van der Waals surface area contributed by atoms with E-state index in [1.54, 1.807) is 24.0 Å². The van der Waals surface area contributed by atoms with E-state index in [1.807, 2.05) is 86.7 Å². The summed E-state index contributed by atoms with van der Waals surface area (Å²) in [6.45, 7) is 5.67. The number of hydrogen-bond acceptors (Lipinski definition) is 11. The van der Waals surface area contributed by atoms with Gasteiger partial charge in [-0.3, -0.25) is 29.0 Å². The highest BCUT2D eigenvalue weighted by molar-refractivity contribution is 6.08. The Labute approximate surface area is 380 Å². The number of allylic oxidation sites excluding steroid dienone is 4. The quantitative estimate of drug-likeness (QED) is 0.218. The number of aliphatic hydroxyl groups excluding tert-OH is 1. The summed E-state index contributed by atoms with van der Waals surface area (Å²) in [4.78, 5) is 60.1. The van der Waals surface area contributed by atoms with E-state index in [0.717, 1.165) is 52.7 Å². The molecule has 12 rings (SSSR count). The van der Waals surface area contributed by atoms with Crippen LogP contribution in [0.15, 0.2) is 120 Å². The number of rotatable bonds is 8. The van der Waals surface area contributed by atoms with Gasteiger partial charge in [0.25, 0.3) is 11.8 Å². The van der Waals surface area contributed by atoms with E-state index in [1.165, 1.54) is 20.3 Å². The molecule has 4 atom stereocenters. The van der Waals surface area contributed by atoms with E-state index >= 15 is 0 Å². The van der Waals surface area contributed by atoms with E-state index < -0.39 is 18.5 Å². The Morgan fingerprint density at radius 2 is 1.03 bits per heavy atom. The summed E-state index contributed by atoms with van der Waals surface area (Å²) >= 11 is 0. The molecule has 66 heavy (non-hydrogen) atoms. The number of carbonyl (C=O) groups excluding carboxylic acids is 4. The van der Waals surface area contributed by atoms with Crippen LogP contribution in [0, 0.1) is 0 Å². The normalized spacial score (nSPS) is 21.8. The highest BCUT2D eigenvalue weighted by Crippen LogP contribution is 2.50. The molecule has 1 N–H and O–H groups in total. The van der Waals surface area contributed by atoms with Crippen molar-refractivity contribution in [1.82, 2.24) is 19.6 Å². The third-order valence-electron chi connectivity index (χ3n) is 13.4. The second-order valence-electron chi connectivity index (χ2n) is 17.2. The zero-order valence-electron chi connectivity index (χ0n) is 36.5. The molecule has 0 unspecified atom stereocenters. The molecule has 0 bridgehead atoms. The Kier molecular flexibility index (Phi) is 10.1. The van der Waals surface area contributed by atoms with E-state index in [4.69, 9.17) is 28.4 Å². The lowest BCUT2D eigenvalue weighted by Crippen LogP contribution is -2.55. The number of hydrogen-bond donors (Lipinski definition) is 1. The molecule has 0 spiro atoms. The molecule has 2 saturated heterocycles. The molecule has 2 fully saturated rings. The fourth-order valence-electron chi connectivity index (χ4n) is 9.64. The van der Waals surface area contributed by atoms with Crippen LogP contribution < -0.4 is 18.9 Å². The Balaban J connectivity index is 0.000000146. The molecule has 15 nitrogen and oxygen atoms in total. The molecule has 0 saturated carbocycles. The predicted molar refractivity (Wildman–Crippen MR) is 236 cm³/mol. The zero-order valence-corrected chi connectivity index (χ0v) is 36.5. The molecule has 4 amide bonds. The molecular formula is C51H46N4O11. The topological polar surface area (TPSA) is 157 Å². The first-order valence-corrected chi connectivity index (χ1v) is 22.2. The summed E-state index contributed by atoms with van der Waals surface area (Å²) in [6, 6.07) is 26.4. The summed E-state index contributed by atoms with van der Waals surface area (Å²) in [5.41, 5.74) is 7.93.